The Bertz CT molecular complexity index is 755. The van der Waals surface area contributed by atoms with Gasteiger partial charge in [0, 0.05) is 45.8 Å². The van der Waals surface area contributed by atoms with Crippen LogP contribution in [0.15, 0.2) is 23.1 Å². The van der Waals surface area contributed by atoms with Crippen molar-refractivity contribution in [1.29, 1.82) is 0 Å². The summed E-state index contributed by atoms with van der Waals surface area (Å²) in [6.07, 6.45) is 0. The van der Waals surface area contributed by atoms with Crippen molar-refractivity contribution in [2.24, 2.45) is 5.92 Å². The Labute approximate surface area is 168 Å². The van der Waals surface area contributed by atoms with Gasteiger partial charge in [-0.15, -0.1) is 0 Å². The molecule has 1 aromatic rings. The smallest absolute Gasteiger partial charge is 0.255 e. The quantitative estimate of drug-likeness (QED) is 0.687. The monoisotopic (exact) mass is 415 g/mol. The Kier molecular flexibility index (Phi) is 7.68. The number of carbonyl (C=O) groups excluding carboxylic acids is 1. The summed E-state index contributed by atoms with van der Waals surface area (Å²) in [6, 6.07) is 4.38. The molecular formula is C19H30ClN3O3S. The highest BCUT2D eigenvalue weighted by Gasteiger charge is 2.27. The van der Waals surface area contributed by atoms with Crippen molar-refractivity contribution in [2.75, 3.05) is 45.8 Å². The number of carbonyl (C=O) groups is 1. The van der Waals surface area contributed by atoms with Gasteiger partial charge in [-0.25, -0.2) is 8.42 Å². The zero-order valence-electron chi connectivity index (χ0n) is 16.6. The summed E-state index contributed by atoms with van der Waals surface area (Å²) in [6.45, 7) is 12.6. The maximum Gasteiger partial charge on any atom is 0.255 e. The average Bonchev–Trinajstić information content (AvgIpc) is 2.62. The highest BCUT2D eigenvalue weighted by atomic mass is 35.5. The lowest BCUT2D eigenvalue weighted by atomic mass is 10.1. The number of benzene rings is 1. The highest BCUT2D eigenvalue weighted by molar-refractivity contribution is 7.89. The fraction of sp³-hybridized carbons (Fsp3) is 0.632. The predicted molar refractivity (Wildman–Crippen MR) is 109 cm³/mol. The second kappa shape index (κ2) is 9.37. The number of sulfonamides is 1. The number of nitrogens with zero attached hydrogens (tertiary/aromatic N) is 3. The van der Waals surface area contributed by atoms with Crippen molar-refractivity contribution >= 4 is 27.5 Å². The van der Waals surface area contributed by atoms with Crippen LogP contribution in [-0.2, 0) is 10.0 Å². The zero-order valence-corrected chi connectivity index (χ0v) is 18.2. The summed E-state index contributed by atoms with van der Waals surface area (Å²) >= 11 is 6.24. The maximum atomic E-state index is 13.0. The normalized spacial score (nSPS) is 16.3. The van der Waals surface area contributed by atoms with Gasteiger partial charge in [-0.3, -0.25) is 9.69 Å². The first kappa shape index (κ1) is 22.1. The molecule has 8 heteroatoms. The number of rotatable bonds is 7. The van der Waals surface area contributed by atoms with Gasteiger partial charge >= 0.3 is 0 Å². The van der Waals surface area contributed by atoms with Crippen LogP contribution in [0.3, 0.4) is 0 Å². The first-order chi connectivity index (χ1) is 12.7. The van der Waals surface area contributed by atoms with Crippen LogP contribution >= 0.6 is 11.6 Å². The third-order valence-corrected chi connectivity index (χ3v) is 7.17. The van der Waals surface area contributed by atoms with E-state index in [4.69, 9.17) is 11.6 Å². The van der Waals surface area contributed by atoms with Crippen LogP contribution in [0.5, 0.6) is 0 Å². The van der Waals surface area contributed by atoms with Crippen molar-refractivity contribution in [3.05, 3.63) is 28.8 Å². The van der Waals surface area contributed by atoms with Gasteiger partial charge in [0.05, 0.1) is 15.5 Å². The molecule has 0 unspecified atom stereocenters. The molecule has 0 aliphatic carbocycles. The van der Waals surface area contributed by atoms with E-state index in [9.17, 15) is 13.2 Å². The van der Waals surface area contributed by atoms with E-state index >= 15 is 0 Å². The summed E-state index contributed by atoms with van der Waals surface area (Å²) < 4.78 is 26.9. The molecule has 152 valence electrons. The molecule has 1 aromatic carbocycles. The van der Waals surface area contributed by atoms with Crippen molar-refractivity contribution in [1.82, 2.24) is 14.1 Å². The molecule has 0 bridgehead atoms. The topological polar surface area (TPSA) is 60.9 Å². The molecule has 1 aliphatic heterocycles. The summed E-state index contributed by atoms with van der Waals surface area (Å²) in [5.74, 6) is 0.379. The second-order valence-electron chi connectivity index (χ2n) is 7.22. The predicted octanol–water partition coefficient (Wildman–Crippen LogP) is 2.78. The minimum absolute atomic E-state index is 0.109. The van der Waals surface area contributed by atoms with Gasteiger partial charge in [-0.2, -0.15) is 4.31 Å². The van der Waals surface area contributed by atoms with E-state index < -0.39 is 10.0 Å². The molecule has 27 heavy (non-hydrogen) atoms. The molecule has 0 N–H and O–H groups in total. The van der Waals surface area contributed by atoms with E-state index in [1.807, 2.05) is 0 Å². The van der Waals surface area contributed by atoms with Gasteiger partial charge in [0.2, 0.25) is 10.0 Å². The Hall–Kier alpha value is -1.15. The molecule has 1 heterocycles. The van der Waals surface area contributed by atoms with Crippen LogP contribution < -0.4 is 0 Å². The van der Waals surface area contributed by atoms with Crippen molar-refractivity contribution < 1.29 is 13.2 Å². The van der Waals surface area contributed by atoms with Gasteiger partial charge in [0.25, 0.3) is 5.91 Å². The van der Waals surface area contributed by atoms with Gasteiger partial charge in [-0.1, -0.05) is 39.3 Å². The van der Waals surface area contributed by atoms with Crippen LogP contribution in [0.4, 0.5) is 0 Å². The first-order valence-electron chi connectivity index (χ1n) is 9.52. The van der Waals surface area contributed by atoms with Gasteiger partial charge in [0.1, 0.15) is 0 Å². The Morgan fingerprint density at radius 3 is 2.26 bits per heavy atom. The van der Waals surface area contributed by atoms with E-state index in [2.05, 4.69) is 18.7 Å². The summed E-state index contributed by atoms with van der Waals surface area (Å²) in [4.78, 5) is 17.2. The molecule has 2 rings (SSSR count). The third-order valence-electron chi connectivity index (χ3n) is 4.79. The molecule has 6 nitrogen and oxygen atoms in total. The van der Waals surface area contributed by atoms with Crippen LogP contribution in [0.25, 0.3) is 0 Å². The average molecular weight is 416 g/mol. The SMILES string of the molecule is CCN(CC)S(=O)(=O)c1ccc(Cl)c(C(=O)N2CCN(CC(C)C)CC2)c1. The number of hydrogen-bond donors (Lipinski definition) is 0. The van der Waals surface area contributed by atoms with E-state index in [0.29, 0.717) is 32.1 Å². The Morgan fingerprint density at radius 2 is 1.74 bits per heavy atom. The number of halogens is 1. The zero-order chi connectivity index (χ0) is 20.2. The molecule has 1 aliphatic rings. The fourth-order valence-corrected chi connectivity index (χ4v) is 5.04. The Morgan fingerprint density at radius 1 is 1.15 bits per heavy atom. The Balaban J connectivity index is 2.20. The lowest BCUT2D eigenvalue weighted by Gasteiger charge is -2.35. The minimum Gasteiger partial charge on any atom is -0.336 e. The van der Waals surface area contributed by atoms with Gasteiger partial charge < -0.3 is 4.90 Å². The minimum atomic E-state index is -3.63. The summed E-state index contributed by atoms with van der Waals surface area (Å²) in [5.41, 5.74) is 0.252. The molecule has 1 fully saturated rings. The summed E-state index contributed by atoms with van der Waals surface area (Å²) in [5, 5.41) is 0.281. The van der Waals surface area contributed by atoms with Crippen molar-refractivity contribution in [2.45, 2.75) is 32.6 Å². The third kappa shape index (κ3) is 5.22. The number of hydrogen-bond acceptors (Lipinski definition) is 4. The lowest BCUT2D eigenvalue weighted by molar-refractivity contribution is 0.0623. The van der Waals surface area contributed by atoms with Crippen LogP contribution in [0, 0.1) is 5.92 Å². The molecule has 0 aromatic heterocycles. The van der Waals surface area contributed by atoms with Crippen LogP contribution in [-0.4, -0.2) is 74.2 Å². The molecular weight excluding hydrogens is 386 g/mol. The van der Waals surface area contributed by atoms with E-state index in [1.54, 1.807) is 18.7 Å². The van der Waals surface area contributed by atoms with E-state index in [0.717, 1.165) is 19.6 Å². The molecule has 0 radical (unpaired) electrons. The molecule has 1 amide bonds. The summed E-state index contributed by atoms with van der Waals surface area (Å²) in [7, 11) is -3.63. The first-order valence-corrected chi connectivity index (χ1v) is 11.3. The molecule has 1 saturated heterocycles. The molecule has 0 atom stereocenters. The number of piperazine rings is 1. The van der Waals surface area contributed by atoms with Gasteiger partial charge in [0.15, 0.2) is 0 Å². The highest BCUT2D eigenvalue weighted by Crippen LogP contribution is 2.24. The van der Waals surface area contributed by atoms with Crippen LogP contribution in [0.2, 0.25) is 5.02 Å². The standard InChI is InChI=1S/C19H30ClN3O3S/c1-5-23(6-2)27(25,26)16-7-8-18(20)17(13-16)19(24)22-11-9-21(10-12-22)14-15(3)4/h7-8,13,15H,5-6,9-12,14H2,1-4H3. The largest absolute Gasteiger partial charge is 0.336 e. The lowest BCUT2D eigenvalue weighted by Crippen LogP contribution is -2.49. The number of amides is 1. The maximum absolute atomic E-state index is 13.0. The fourth-order valence-electron chi connectivity index (χ4n) is 3.36. The molecule has 0 saturated carbocycles. The van der Waals surface area contributed by atoms with E-state index in [-0.39, 0.29) is 21.4 Å². The van der Waals surface area contributed by atoms with Gasteiger partial charge in [-0.05, 0) is 24.1 Å². The van der Waals surface area contributed by atoms with Crippen molar-refractivity contribution in [3.8, 4) is 0 Å². The van der Waals surface area contributed by atoms with Crippen LogP contribution in [0.1, 0.15) is 38.1 Å². The second-order valence-corrected chi connectivity index (χ2v) is 9.56. The van der Waals surface area contributed by atoms with Crippen molar-refractivity contribution in [3.63, 3.8) is 0 Å². The van der Waals surface area contributed by atoms with E-state index in [1.165, 1.54) is 22.5 Å². The molecule has 0 spiro atoms.